The topological polar surface area (TPSA) is 35.5 Å². The molecule has 0 saturated carbocycles. The summed E-state index contributed by atoms with van der Waals surface area (Å²) in [5, 5.41) is 0. The average Bonchev–Trinajstić information content (AvgIpc) is 2.17. The van der Waals surface area contributed by atoms with Crippen molar-refractivity contribution in [2.45, 2.75) is 39.5 Å². The first-order valence-corrected chi connectivity index (χ1v) is 5.89. The summed E-state index contributed by atoms with van der Waals surface area (Å²) >= 11 is 3.07. The van der Waals surface area contributed by atoms with Crippen LogP contribution in [0.2, 0.25) is 0 Å². The fraction of sp³-hybridized carbons (Fsp3) is 1.00. The maximum Gasteiger partial charge on any atom is 0.322 e. The highest BCUT2D eigenvalue weighted by molar-refractivity contribution is 7.75. The molecule has 0 bridgehead atoms. The molecule has 13 heavy (non-hydrogen) atoms. The van der Waals surface area contributed by atoms with Crippen molar-refractivity contribution in [3.05, 3.63) is 0 Å². The van der Waals surface area contributed by atoms with Crippen LogP contribution in [0.5, 0.6) is 0 Å². The predicted octanol–water partition coefficient (Wildman–Crippen LogP) is 2.97. The Morgan fingerprint density at radius 1 is 1.46 bits per heavy atom. The Morgan fingerprint density at radius 2 is 2.15 bits per heavy atom. The van der Waals surface area contributed by atoms with Gasteiger partial charge in [0, 0.05) is 0 Å². The van der Waals surface area contributed by atoms with Gasteiger partial charge in [-0.2, -0.15) is 7.94 Å². The summed E-state index contributed by atoms with van der Waals surface area (Å²) < 4.78 is 19.5. The Bertz CT molecular complexity index is 143. The number of rotatable bonds is 8. The van der Waals surface area contributed by atoms with Gasteiger partial charge in [0.15, 0.2) is 0 Å². The molecule has 0 saturated heterocycles. The van der Waals surface area contributed by atoms with Gasteiger partial charge >= 0.3 is 11.4 Å². The second-order valence-electron chi connectivity index (χ2n) is 2.97. The van der Waals surface area contributed by atoms with E-state index >= 15 is 0 Å². The van der Waals surface area contributed by atoms with E-state index in [1.54, 1.807) is 0 Å². The summed E-state index contributed by atoms with van der Waals surface area (Å²) in [7, 11) is 0. The van der Waals surface area contributed by atoms with Gasteiger partial charge in [-0.15, -0.1) is 0 Å². The fourth-order valence-corrected chi connectivity index (χ4v) is 1.52. The van der Waals surface area contributed by atoms with Crippen LogP contribution in [0.3, 0.4) is 0 Å². The van der Waals surface area contributed by atoms with Crippen LogP contribution in [0.25, 0.3) is 0 Å². The summed E-state index contributed by atoms with van der Waals surface area (Å²) in [6.07, 6.45) is 4.48. The number of unbranched alkanes of at least 4 members (excludes halogenated alkanes) is 1. The van der Waals surface area contributed by atoms with Crippen molar-refractivity contribution in [1.82, 2.24) is 0 Å². The normalized spacial score (nSPS) is 15.6. The monoisotopic (exact) mass is 228 g/mol. The Labute approximate surface area is 87.8 Å². The first kappa shape index (κ1) is 13.4. The minimum atomic E-state index is -1.79. The summed E-state index contributed by atoms with van der Waals surface area (Å²) in [5.74, 6) is 0.454. The zero-order valence-electron chi connectivity index (χ0n) is 8.12. The lowest BCUT2D eigenvalue weighted by molar-refractivity contribution is 0.237. The number of halogens is 1. The molecular formula is C8H17ClO3S. The van der Waals surface area contributed by atoms with E-state index in [4.69, 9.17) is 16.0 Å². The molecule has 0 spiro atoms. The van der Waals surface area contributed by atoms with E-state index in [9.17, 15) is 4.21 Å². The Morgan fingerprint density at radius 3 is 2.62 bits per heavy atom. The Balaban J connectivity index is 3.52. The number of hydrogen-bond acceptors (Lipinski definition) is 3. The summed E-state index contributed by atoms with van der Waals surface area (Å²) in [6.45, 7) is 4.69. The van der Waals surface area contributed by atoms with Gasteiger partial charge in [0.25, 0.3) is 0 Å². The van der Waals surface area contributed by atoms with Crippen molar-refractivity contribution in [2.24, 2.45) is 5.92 Å². The summed E-state index contributed by atoms with van der Waals surface area (Å²) in [5.41, 5.74) is 0. The molecule has 0 heterocycles. The lowest BCUT2D eigenvalue weighted by Gasteiger charge is -2.12. The second kappa shape index (κ2) is 8.94. The van der Waals surface area contributed by atoms with Gasteiger partial charge in [-0.1, -0.05) is 33.1 Å². The van der Waals surface area contributed by atoms with Crippen LogP contribution in [0, 0.1) is 5.92 Å². The van der Waals surface area contributed by atoms with Gasteiger partial charge in [-0.3, -0.25) is 4.18 Å². The van der Waals surface area contributed by atoms with Crippen LogP contribution in [0.15, 0.2) is 0 Å². The standard InChI is InChI=1S/C8H17ClO3S/c1-3-5-6-8(4-2)7-11-13(10)12-9/h8H,3-7H2,1-2H3. The lowest BCUT2D eigenvalue weighted by Crippen LogP contribution is -2.10. The third kappa shape index (κ3) is 7.43. The van der Waals surface area contributed by atoms with E-state index in [1.807, 2.05) is 0 Å². The molecule has 0 aliphatic carbocycles. The number of hydrogen-bond donors (Lipinski definition) is 0. The van der Waals surface area contributed by atoms with E-state index in [1.165, 1.54) is 12.8 Å². The molecule has 2 atom stereocenters. The van der Waals surface area contributed by atoms with Crippen molar-refractivity contribution in [2.75, 3.05) is 6.61 Å². The summed E-state index contributed by atoms with van der Waals surface area (Å²) in [6, 6.07) is 0. The quantitative estimate of drug-likeness (QED) is 0.641. The molecular weight excluding hydrogens is 212 g/mol. The highest BCUT2D eigenvalue weighted by Crippen LogP contribution is 2.13. The van der Waals surface area contributed by atoms with E-state index < -0.39 is 11.4 Å². The van der Waals surface area contributed by atoms with Crippen LogP contribution in [0.1, 0.15) is 39.5 Å². The minimum absolute atomic E-state index is 0.454. The lowest BCUT2D eigenvalue weighted by atomic mass is 10.0. The molecule has 0 fully saturated rings. The average molecular weight is 229 g/mol. The maximum absolute atomic E-state index is 10.6. The molecule has 0 radical (unpaired) electrons. The van der Waals surface area contributed by atoms with E-state index in [-0.39, 0.29) is 0 Å². The van der Waals surface area contributed by atoms with Crippen LogP contribution in [0.4, 0.5) is 0 Å². The molecule has 0 aliphatic heterocycles. The Hall–Kier alpha value is 0.360. The van der Waals surface area contributed by atoms with Crippen molar-refractivity contribution in [3.8, 4) is 0 Å². The molecule has 0 rings (SSSR count). The van der Waals surface area contributed by atoms with Gasteiger partial charge in [0.1, 0.15) is 0 Å². The van der Waals surface area contributed by atoms with Crippen LogP contribution < -0.4 is 0 Å². The zero-order valence-corrected chi connectivity index (χ0v) is 9.70. The van der Waals surface area contributed by atoms with Gasteiger partial charge in [-0.25, -0.2) is 0 Å². The smallest absolute Gasteiger partial charge is 0.267 e. The SMILES string of the molecule is CCCCC(CC)COS(=O)OCl. The highest BCUT2D eigenvalue weighted by Gasteiger charge is 2.08. The maximum atomic E-state index is 10.6. The predicted molar refractivity (Wildman–Crippen MR) is 54.3 cm³/mol. The summed E-state index contributed by atoms with van der Waals surface area (Å²) in [4.78, 5) is 0. The third-order valence-corrected chi connectivity index (χ3v) is 2.73. The highest BCUT2D eigenvalue weighted by atomic mass is 35.5. The molecule has 0 amide bonds. The largest absolute Gasteiger partial charge is 0.322 e. The van der Waals surface area contributed by atoms with Crippen molar-refractivity contribution in [1.29, 1.82) is 0 Å². The van der Waals surface area contributed by atoms with Gasteiger partial charge in [0.2, 0.25) is 0 Å². The molecule has 80 valence electrons. The first-order chi connectivity index (χ1) is 6.24. The van der Waals surface area contributed by atoms with Crippen LogP contribution in [-0.2, 0) is 19.3 Å². The van der Waals surface area contributed by atoms with Gasteiger partial charge in [0.05, 0.1) is 18.5 Å². The molecule has 0 aromatic heterocycles. The fourth-order valence-electron chi connectivity index (χ4n) is 1.07. The van der Waals surface area contributed by atoms with Gasteiger partial charge < -0.3 is 0 Å². The second-order valence-corrected chi connectivity index (χ2v) is 4.12. The molecule has 3 nitrogen and oxygen atoms in total. The third-order valence-electron chi connectivity index (χ3n) is 1.99. The van der Waals surface area contributed by atoms with E-state index in [0.717, 1.165) is 12.8 Å². The van der Waals surface area contributed by atoms with Crippen molar-refractivity contribution in [3.63, 3.8) is 0 Å². The molecule has 0 N–H and O–H groups in total. The minimum Gasteiger partial charge on any atom is -0.267 e. The van der Waals surface area contributed by atoms with Crippen molar-refractivity contribution >= 4 is 23.2 Å². The van der Waals surface area contributed by atoms with Gasteiger partial charge in [-0.05, 0) is 12.3 Å². The van der Waals surface area contributed by atoms with Crippen LogP contribution >= 0.6 is 11.9 Å². The molecule has 5 heteroatoms. The first-order valence-electron chi connectivity index (χ1n) is 4.58. The molecule has 0 aromatic carbocycles. The van der Waals surface area contributed by atoms with E-state index in [2.05, 4.69) is 17.6 Å². The van der Waals surface area contributed by atoms with E-state index in [0.29, 0.717) is 12.5 Å². The zero-order chi connectivity index (χ0) is 10.1. The Kier molecular flexibility index (Phi) is 9.18. The van der Waals surface area contributed by atoms with Crippen LogP contribution in [-0.4, -0.2) is 10.8 Å². The molecule has 2 unspecified atom stereocenters. The molecule has 0 aromatic rings. The van der Waals surface area contributed by atoms with Crippen molar-refractivity contribution < 1.29 is 12.1 Å². The molecule has 0 aliphatic rings.